The number of amides is 1. The first-order valence-electron chi connectivity index (χ1n) is 9.85. The molecule has 30 heavy (non-hydrogen) atoms. The SMILES string of the molecule is O=C(O)C1CCCN(C(=O)/C=C/c2cc[c]c(Cl)c2-c2ccc3c(c2)CCOO3)C1. The number of hydrogen-bond donors (Lipinski definition) is 1. The summed E-state index contributed by atoms with van der Waals surface area (Å²) in [6, 6.07) is 12.3. The topological polar surface area (TPSA) is 76.1 Å². The summed E-state index contributed by atoms with van der Waals surface area (Å²) in [5, 5.41) is 9.69. The lowest BCUT2D eigenvalue weighted by Gasteiger charge is -2.29. The van der Waals surface area contributed by atoms with Crippen LogP contribution >= 0.6 is 11.6 Å². The molecule has 0 aliphatic carbocycles. The maximum atomic E-state index is 12.6. The molecule has 6 nitrogen and oxygen atoms in total. The second-order valence-electron chi connectivity index (χ2n) is 7.39. The molecule has 4 rings (SSSR count). The monoisotopic (exact) mass is 426 g/mol. The molecule has 1 atom stereocenters. The number of aliphatic carboxylic acids is 1. The van der Waals surface area contributed by atoms with E-state index in [-0.39, 0.29) is 12.5 Å². The van der Waals surface area contributed by atoms with E-state index in [0.29, 0.717) is 36.8 Å². The molecule has 1 radical (unpaired) electrons. The molecule has 0 saturated carbocycles. The number of carbonyl (C=O) groups excluding carboxylic acids is 1. The van der Waals surface area contributed by atoms with E-state index in [2.05, 4.69) is 6.07 Å². The molecule has 0 spiro atoms. The van der Waals surface area contributed by atoms with Crippen LogP contribution in [0.15, 0.2) is 36.4 Å². The highest BCUT2D eigenvalue weighted by Crippen LogP contribution is 2.35. The van der Waals surface area contributed by atoms with Gasteiger partial charge in [0.05, 0.1) is 17.5 Å². The number of nitrogens with zero attached hydrogens (tertiary/aromatic N) is 1. The van der Waals surface area contributed by atoms with Gasteiger partial charge in [0, 0.05) is 42.8 Å². The standard InChI is InChI=1S/C23H21ClNO5/c24-19-5-1-3-15(7-9-21(26)25-11-2-4-18(14-25)23(27)28)22(19)17-6-8-20-16(13-17)10-12-29-30-20/h1,3,6-9,13,18H,2,4,10-12,14H2,(H,27,28)/b9-7+. The molecule has 155 valence electrons. The first-order chi connectivity index (χ1) is 14.5. The van der Waals surface area contributed by atoms with E-state index in [1.54, 1.807) is 17.0 Å². The van der Waals surface area contributed by atoms with Crippen LogP contribution in [-0.4, -0.2) is 41.6 Å². The second-order valence-corrected chi connectivity index (χ2v) is 7.77. The smallest absolute Gasteiger partial charge is 0.308 e. The Morgan fingerprint density at radius 1 is 1.30 bits per heavy atom. The average Bonchev–Trinajstić information content (AvgIpc) is 2.77. The highest BCUT2D eigenvalue weighted by molar-refractivity contribution is 6.33. The summed E-state index contributed by atoms with van der Waals surface area (Å²) in [6.07, 6.45) is 5.23. The number of rotatable bonds is 4. The molecule has 1 unspecified atom stereocenters. The van der Waals surface area contributed by atoms with Gasteiger partial charge in [0.25, 0.3) is 0 Å². The molecule has 2 aromatic rings. The van der Waals surface area contributed by atoms with Crippen molar-refractivity contribution in [3.63, 3.8) is 0 Å². The molecular weight excluding hydrogens is 406 g/mol. The Morgan fingerprint density at radius 3 is 3.00 bits per heavy atom. The van der Waals surface area contributed by atoms with Crippen molar-refractivity contribution in [2.24, 2.45) is 5.92 Å². The highest BCUT2D eigenvalue weighted by Gasteiger charge is 2.27. The summed E-state index contributed by atoms with van der Waals surface area (Å²) in [5.41, 5.74) is 3.49. The quantitative estimate of drug-likeness (QED) is 0.590. The Kier molecular flexibility index (Phi) is 6.06. The van der Waals surface area contributed by atoms with Gasteiger partial charge in [0.15, 0.2) is 5.75 Å². The second kappa shape index (κ2) is 8.90. The maximum Gasteiger partial charge on any atom is 0.308 e. The van der Waals surface area contributed by atoms with Gasteiger partial charge in [-0.2, -0.15) is 4.89 Å². The van der Waals surface area contributed by atoms with Gasteiger partial charge >= 0.3 is 5.97 Å². The van der Waals surface area contributed by atoms with Crippen LogP contribution in [-0.2, 0) is 20.9 Å². The van der Waals surface area contributed by atoms with Crippen LogP contribution in [0.5, 0.6) is 5.75 Å². The molecule has 0 bridgehead atoms. The van der Waals surface area contributed by atoms with E-state index < -0.39 is 11.9 Å². The first kappa shape index (κ1) is 20.4. The highest BCUT2D eigenvalue weighted by atomic mass is 35.5. The van der Waals surface area contributed by atoms with Crippen LogP contribution in [0.1, 0.15) is 24.0 Å². The van der Waals surface area contributed by atoms with Gasteiger partial charge in [-0.25, -0.2) is 0 Å². The predicted molar refractivity (Wildman–Crippen MR) is 112 cm³/mol. The number of carboxylic acids is 1. The van der Waals surface area contributed by atoms with Crippen molar-refractivity contribution in [1.29, 1.82) is 0 Å². The van der Waals surface area contributed by atoms with Crippen LogP contribution in [0.4, 0.5) is 0 Å². The third-order valence-corrected chi connectivity index (χ3v) is 5.72. The fourth-order valence-electron chi connectivity index (χ4n) is 3.83. The Morgan fingerprint density at radius 2 is 2.17 bits per heavy atom. The number of fused-ring (bicyclic) bond motifs is 1. The zero-order chi connectivity index (χ0) is 21.1. The average molecular weight is 427 g/mol. The van der Waals surface area contributed by atoms with E-state index in [9.17, 15) is 14.7 Å². The van der Waals surface area contributed by atoms with Crippen molar-refractivity contribution >= 4 is 29.6 Å². The Bertz CT molecular complexity index is 1000. The maximum absolute atomic E-state index is 12.6. The van der Waals surface area contributed by atoms with Gasteiger partial charge in [-0.05, 0) is 42.2 Å². The number of hydrogen-bond acceptors (Lipinski definition) is 4. The van der Waals surface area contributed by atoms with Crippen molar-refractivity contribution in [2.45, 2.75) is 19.3 Å². The molecular formula is C23H21ClNO5. The van der Waals surface area contributed by atoms with E-state index >= 15 is 0 Å². The van der Waals surface area contributed by atoms with Crippen LogP contribution in [0.3, 0.4) is 0 Å². The minimum Gasteiger partial charge on any atom is -0.481 e. The predicted octanol–water partition coefficient (Wildman–Crippen LogP) is 4.01. The molecule has 7 heteroatoms. The van der Waals surface area contributed by atoms with Gasteiger partial charge in [0.1, 0.15) is 0 Å². The Balaban J connectivity index is 1.59. The minimum absolute atomic E-state index is 0.202. The largest absolute Gasteiger partial charge is 0.481 e. The van der Waals surface area contributed by atoms with Crippen molar-refractivity contribution in [3.8, 4) is 16.9 Å². The third kappa shape index (κ3) is 4.35. The number of benzene rings is 2. The first-order valence-corrected chi connectivity index (χ1v) is 10.2. The van der Waals surface area contributed by atoms with Gasteiger partial charge < -0.3 is 14.9 Å². The zero-order valence-corrected chi connectivity index (χ0v) is 17.0. The molecule has 0 aromatic heterocycles. The zero-order valence-electron chi connectivity index (χ0n) is 16.3. The van der Waals surface area contributed by atoms with E-state index in [1.165, 1.54) is 6.08 Å². The van der Waals surface area contributed by atoms with Gasteiger partial charge in [-0.15, -0.1) is 0 Å². The summed E-state index contributed by atoms with van der Waals surface area (Å²) in [6.45, 7) is 1.29. The minimum atomic E-state index is -0.856. The summed E-state index contributed by atoms with van der Waals surface area (Å²) in [5.74, 6) is -0.877. The van der Waals surface area contributed by atoms with Crippen molar-refractivity contribution in [3.05, 3.63) is 58.6 Å². The number of carboxylic acid groups (broad SMARTS) is 1. The molecule has 1 saturated heterocycles. The number of likely N-dealkylation sites (tertiary alicyclic amines) is 1. The van der Waals surface area contributed by atoms with Gasteiger partial charge in [-0.3, -0.25) is 9.59 Å². The van der Waals surface area contributed by atoms with Crippen LogP contribution in [0.25, 0.3) is 17.2 Å². The fraction of sp³-hybridized carbons (Fsp3) is 0.304. The van der Waals surface area contributed by atoms with E-state index in [0.717, 1.165) is 28.7 Å². The van der Waals surface area contributed by atoms with Crippen LogP contribution in [0.2, 0.25) is 5.02 Å². The molecule has 2 heterocycles. The van der Waals surface area contributed by atoms with Crippen LogP contribution in [0, 0.1) is 12.0 Å². The molecule has 2 aliphatic heterocycles. The third-order valence-electron chi connectivity index (χ3n) is 5.42. The molecule has 1 fully saturated rings. The van der Waals surface area contributed by atoms with Crippen LogP contribution < -0.4 is 4.89 Å². The molecule has 1 amide bonds. The Labute approximate surface area is 179 Å². The number of piperidine rings is 1. The van der Waals surface area contributed by atoms with Crippen molar-refractivity contribution < 1.29 is 24.5 Å². The lowest BCUT2D eigenvalue weighted by molar-refractivity contribution is -0.215. The molecule has 2 aliphatic rings. The summed E-state index contributed by atoms with van der Waals surface area (Å²) >= 11 is 6.46. The number of halogens is 1. The van der Waals surface area contributed by atoms with Gasteiger partial charge in [-0.1, -0.05) is 29.8 Å². The van der Waals surface area contributed by atoms with E-state index in [1.807, 2.05) is 24.3 Å². The summed E-state index contributed by atoms with van der Waals surface area (Å²) in [4.78, 5) is 35.7. The molecule has 1 N–H and O–H groups in total. The van der Waals surface area contributed by atoms with Crippen molar-refractivity contribution in [2.75, 3.05) is 19.7 Å². The normalized spacial score (nSPS) is 18.7. The van der Waals surface area contributed by atoms with Gasteiger partial charge in [0.2, 0.25) is 5.91 Å². The number of carbonyl (C=O) groups is 2. The fourth-order valence-corrected chi connectivity index (χ4v) is 4.11. The summed E-state index contributed by atoms with van der Waals surface area (Å²) < 4.78 is 0. The van der Waals surface area contributed by atoms with Crippen molar-refractivity contribution in [1.82, 2.24) is 4.90 Å². The lowest BCUT2D eigenvalue weighted by Crippen LogP contribution is -2.41. The molecule has 2 aromatic carbocycles. The Hall–Kier alpha value is -2.83. The summed E-state index contributed by atoms with van der Waals surface area (Å²) in [7, 11) is 0. The lowest BCUT2D eigenvalue weighted by atomic mass is 9.96. The van der Waals surface area contributed by atoms with E-state index in [4.69, 9.17) is 21.4 Å².